The van der Waals surface area contributed by atoms with Gasteiger partial charge in [-0.15, -0.1) is 0 Å². The number of nitrogens with two attached hydrogens (primary N) is 1. The number of methoxy groups -OCH3 is 1. The molecular formula is C16H24N2O2. The normalized spacial score (nSPS) is 20.0. The minimum absolute atomic E-state index is 0.0282. The van der Waals surface area contributed by atoms with E-state index in [1.807, 2.05) is 25.2 Å². The van der Waals surface area contributed by atoms with Gasteiger partial charge in [-0.1, -0.05) is 26.0 Å². The van der Waals surface area contributed by atoms with Crippen molar-refractivity contribution in [2.45, 2.75) is 33.6 Å². The van der Waals surface area contributed by atoms with Crippen LogP contribution >= 0.6 is 0 Å². The highest BCUT2D eigenvalue weighted by atomic mass is 16.5. The zero-order valence-corrected chi connectivity index (χ0v) is 12.7. The molecule has 4 nitrogen and oxygen atoms in total. The van der Waals surface area contributed by atoms with Gasteiger partial charge >= 0.3 is 0 Å². The maximum atomic E-state index is 11.8. The van der Waals surface area contributed by atoms with E-state index in [0.717, 1.165) is 17.8 Å². The van der Waals surface area contributed by atoms with Crippen molar-refractivity contribution in [3.05, 3.63) is 47.7 Å². The van der Waals surface area contributed by atoms with Crippen LogP contribution in [0.15, 0.2) is 47.7 Å². The van der Waals surface area contributed by atoms with Crippen molar-refractivity contribution in [2.75, 3.05) is 7.11 Å². The molecule has 0 amide bonds. The molecule has 4 heteroatoms. The predicted octanol–water partition coefficient (Wildman–Crippen LogP) is 2.76. The van der Waals surface area contributed by atoms with Gasteiger partial charge in [-0.05, 0) is 24.8 Å². The molecule has 0 bridgehead atoms. The van der Waals surface area contributed by atoms with Crippen LogP contribution in [0.4, 0.5) is 0 Å². The quantitative estimate of drug-likeness (QED) is 0.598. The molecule has 0 unspecified atom stereocenters. The molecule has 110 valence electrons. The number of nitrogens with one attached hydrogen (secondary N) is 1. The molecule has 0 saturated carbocycles. The Morgan fingerprint density at radius 2 is 2.15 bits per heavy atom. The van der Waals surface area contributed by atoms with E-state index in [1.165, 1.54) is 6.26 Å². The first-order chi connectivity index (χ1) is 9.38. The second kappa shape index (κ2) is 6.98. The zero-order chi connectivity index (χ0) is 15.2. The minimum Gasteiger partial charge on any atom is -0.502 e. The lowest BCUT2D eigenvalue weighted by Crippen LogP contribution is -2.29. The van der Waals surface area contributed by atoms with Crippen LogP contribution in [-0.2, 0) is 9.53 Å². The van der Waals surface area contributed by atoms with Gasteiger partial charge in [0.2, 0.25) is 0 Å². The van der Waals surface area contributed by atoms with Gasteiger partial charge in [0.05, 0.1) is 18.5 Å². The topological polar surface area (TPSA) is 64.4 Å². The molecule has 1 aliphatic carbocycles. The number of ketones is 1. The predicted molar refractivity (Wildman–Crippen MR) is 81.4 cm³/mol. The second-order valence-corrected chi connectivity index (χ2v) is 5.69. The van der Waals surface area contributed by atoms with E-state index in [0.29, 0.717) is 12.1 Å². The van der Waals surface area contributed by atoms with E-state index in [-0.39, 0.29) is 11.2 Å². The van der Waals surface area contributed by atoms with E-state index in [1.54, 1.807) is 13.2 Å². The Hall–Kier alpha value is -1.97. The summed E-state index contributed by atoms with van der Waals surface area (Å²) in [5.74, 6) is 0.142. The first-order valence-electron chi connectivity index (χ1n) is 6.70. The average molecular weight is 276 g/mol. The van der Waals surface area contributed by atoms with Crippen LogP contribution < -0.4 is 11.1 Å². The maximum Gasteiger partial charge on any atom is 0.157 e. The first-order valence-corrected chi connectivity index (χ1v) is 6.70. The van der Waals surface area contributed by atoms with Gasteiger partial charge in [-0.25, -0.2) is 0 Å². The number of ether oxygens (including phenoxy) is 1. The average Bonchev–Trinajstić information content (AvgIpc) is 2.32. The van der Waals surface area contributed by atoms with Gasteiger partial charge in [0.1, 0.15) is 6.26 Å². The van der Waals surface area contributed by atoms with E-state index in [9.17, 15) is 4.79 Å². The van der Waals surface area contributed by atoms with Gasteiger partial charge in [-0.2, -0.15) is 0 Å². The van der Waals surface area contributed by atoms with Gasteiger partial charge in [0.25, 0.3) is 0 Å². The van der Waals surface area contributed by atoms with Crippen LogP contribution in [0.5, 0.6) is 0 Å². The molecule has 1 aliphatic rings. The van der Waals surface area contributed by atoms with Crippen LogP contribution in [0.3, 0.4) is 0 Å². The Labute approximate surface area is 121 Å². The summed E-state index contributed by atoms with van der Waals surface area (Å²) in [6.45, 7) is 6.10. The summed E-state index contributed by atoms with van der Waals surface area (Å²) in [5.41, 5.74) is 8.02. The molecule has 3 N–H and O–H groups in total. The Balaban J connectivity index is 2.96. The third-order valence-electron chi connectivity index (χ3n) is 2.96. The Kier molecular flexibility index (Phi) is 5.62. The fourth-order valence-corrected chi connectivity index (χ4v) is 2.19. The number of rotatable bonds is 5. The SMILES string of the molecule is C\C=C/C=C(NC1=CC(=O)CC(C)(C)C1)\C(N)=C/OC. The highest BCUT2D eigenvalue weighted by Gasteiger charge is 2.27. The maximum absolute atomic E-state index is 11.8. The van der Waals surface area contributed by atoms with Crippen molar-refractivity contribution in [2.24, 2.45) is 11.1 Å². The molecule has 0 saturated heterocycles. The van der Waals surface area contributed by atoms with Gasteiger partial charge < -0.3 is 15.8 Å². The number of allylic oxidation sites excluding steroid dienone is 5. The van der Waals surface area contributed by atoms with E-state index in [2.05, 4.69) is 19.2 Å². The van der Waals surface area contributed by atoms with Gasteiger partial charge in [0.15, 0.2) is 5.78 Å². The molecule has 20 heavy (non-hydrogen) atoms. The highest BCUT2D eigenvalue weighted by Crippen LogP contribution is 2.33. The summed E-state index contributed by atoms with van der Waals surface area (Å²) in [4.78, 5) is 11.8. The largest absolute Gasteiger partial charge is 0.502 e. The summed E-state index contributed by atoms with van der Waals surface area (Å²) in [5, 5.41) is 3.24. The third-order valence-corrected chi connectivity index (χ3v) is 2.96. The summed E-state index contributed by atoms with van der Waals surface area (Å²) in [6, 6.07) is 0. The van der Waals surface area contributed by atoms with Crippen LogP contribution in [0.2, 0.25) is 0 Å². The standard InChI is InChI=1S/C16H24N2O2/c1-5-6-7-15(14(17)11-20-4)18-12-8-13(19)10-16(2,3)9-12/h5-8,11,18H,9-10,17H2,1-4H3/b6-5-,14-11+,15-7+. The molecule has 0 aromatic heterocycles. The lowest BCUT2D eigenvalue weighted by Gasteiger charge is -2.29. The van der Waals surface area contributed by atoms with Crippen molar-refractivity contribution in [3.63, 3.8) is 0 Å². The Morgan fingerprint density at radius 3 is 2.70 bits per heavy atom. The molecular weight excluding hydrogens is 252 g/mol. The molecule has 0 fully saturated rings. The van der Waals surface area contributed by atoms with Crippen LogP contribution in [-0.4, -0.2) is 12.9 Å². The summed E-state index contributed by atoms with van der Waals surface area (Å²) in [6.07, 6.45) is 10.2. The van der Waals surface area contributed by atoms with E-state index in [4.69, 9.17) is 10.5 Å². The summed E-state index contributed by atoms with van der Waals surface area (Å²) >= 11 is 0. The van der Waals surface area contributed by atoms with Crippen molar-refractivity contribution in [3.8, 4) is 0 Å². The molecule has 0 aliphatic heterocycles. The monoisotopic (exact) mass is 276 g/mol. The first kappa shape index (κ1) is 16.1. The number of carbonyl (C=O) groups excluding carboxylic acids is 1. The van der Waals surface area contributed by atoms with Crippen LogP contribution in [0.25, 0.3) is 0 Å². The molecule has 0 aromatic rings. The molecule has 0 atom stereocenters. The fourth-order valence-electron chi connectivity index (χ4n) is 2.19. The molecule has 1 rings (SSSR count). The van der Waals surface area contributed by atoms with Gasteiger partial charge in [-0.3, -0.25) is 4.79 Å². The highest BCUT2D eigenvalue weighted by molar-refractivity contribution is 5.91. The van der Waals surface area contributed by atoms with Crippen molar-refractivity contribution in [1.29, 1.82) is 0 Å². The minimum atomic E-state index is -0.0282. The summed E-state index contributed by atoms with van der Waals surface area (Å²) in [7, 11) is 1.55. The fraction of sp³-hybridized carbons (Fsp3) is 0.438. The number of carbonyl (C=O) groups is 1. The molecule has 0 radical (unpaired) electrons. The van der Waals surface area contributed by atoms with E-state index < -0.39 is 0 Å². The second-order valence-electron chi connectivity index (χ2n) is 5.69. The molecule has 0 heterocycles. The molecule has 0 spiro atoms. The lowest BCUT2D eigenvalue weighted by molar-refractivity contribution is -0.117. The Bertz CT molecular complexity index is 483. The van der Waals surface area contributed by atoms with Crippen LogP contribution in [0, 0.1) is 5.41 Å². The van der Waals surface area contributed by atoms with Gasteiger partial charge in [0, 0.05) is 18.2 Å². The molecule has 0 aromatic carbocycles. The van der Waals surface area contributed by atoms with Crippen molar-refractivity contribution in [1.82, 2.24) is 5.32 Å². The van der Waals surface area contributed by atoms with E-state index >= 15 is 0 Å². The smallest absolute Gasteiger partial charge is 0.157 e. The third kappa shape index (κ3) is 4.96. The van der Waals surface area contributed by atoms with Crippen molar-refractivity contribution < 1.29 is 9.53 Å². The summed E-state index contributed by atoms with van der Waals surface area (Å²) < 4.78 is 4.94. The van der Waals surface area contributed by atoms with Crippen LogP contribution in [0.1, 0.15) is 33.6 Å². The Morgan fingerprint density at radius 1 is 1.45 bits per heavy atom. The number of hydrogen-bond donors (Lipinski definition) is 2. The number of hydrogen-bond acceptors (Lipinski definition) is 4. The van der Waals surface area contributed by atoms with Crippen molar-refractivity contribution >= 4 is 5.78 Å². The lowest BCUT2D eigenvalue weighted by atomic mass is 9.79. The zero-order valence-electron chi connectivity index (χ0n) is 12.7.